The third-order valence-electron chi connectivity index (χ3n) is 8.37. The number of esters is 3. The Balaban J connectivity index is 2.30. The van der Waals surface area contributed by atoms with Crippen molar-refractivity contribution < 1.29 is 33.7 Å². The lowest BCUT2D eigenvalue weighted by Crippen LogP contribution is -2.59. The van der Waals surface area contributed by atoms with Crippen molar-refractivity contribution in [2.45, 2.75) is 98.6 Å². The molecule has 0 saturated heterocycles. The van der Waals surface area contributed by atoms with Crippen molar-refractivity contribution in [2.24, 2.45) is 22.7 Å². The molecule has 3 rings (SSSR count). The highest BCUT2D eigenvalue weighted by Gasteiger charge is 2.59. The van der Waals surface area contributed by atoms with Crippen LogP contribution in [0.25, 0.3) is 0 Å². The minimum Gasteiger partial charge on any atom is -0.458 e. The van der Waals surface area contributed by atoms with E-state index in [-0.39, 0.29) is 17.8 Å². The number of fused-ring (bicyclic) bond motifs is 3. The lowest BCUT2D eigenvalue weighted by molar-refractivity contribution is -0.186. The standard InChI is InChI=1S/C26H38O7/c1-13-19-11-18-12-21(31-15(3)27)14(2)22(25(18,6)7)23(32-16(4)28)24(33-17(5)29)26(19,8)10-9-20(13)30/h18-21,23-24,30H,1,9-12H2,2-8H3. The molecule has 184 valence electrons. The van der Waals surface area contributed by atoms with Crippen LogP contribution < -0.4 is 0 Å². The van der Waals surface area contributed by atoms with Gasteiger partial charge in [-0.25, -0.2) is 0 Å². The second-order valence-corrected chi connectivity index (χ2v) is 10.8. The average Bonchev–Trinajstić information content (AvgIpc) is 2.67. The maximum atomic E-state index is 12.3. The minimum atomic E-state index is -0.835. The predicted molar refractivity (Wildman–Crippen MR) is 122 cm³/mol. The zero-order valence-electron chi connectivity index (χ0n) is 20.9. The number of aliphatic hydroxyl groups is 1. The molecule has 2 fully saturated rings. The first-order valence-corrected chi connectivity index (χ1v) is 11.8. The van der Waals surface area contributed by atoms with Gasteiger partial charge in [-0.3, -0.25) is 14.4 Å². The highest BCUT2D eigenvalue weighted by atomic mass is 16.6. The van der Waals surface area contributed by atoms with E-state index < -0.39 is 47.2 Å². The summed E-state index contributed by atoms with van der Waals surface area (Å²) in [5.74, 6) is -1.41. The normalized spacial score (nSPS) is 37.9. The second kappa shape index (κ2) is 8.90. The highest BCUT2D eigenvalue weighted by Crippen LogP contribution is 2.60. The summed E-state index contributed by atoms with van der Waals surface area (Å²) in [5, 5.41) is 10.7. The smallest absolute Gasteiger partial charge is 0.303 e. The predicted octanol–water partition coefficient (Wildman–Crippen LogP) is 3.88. The number of ether oxygens (including phenoxy) is 3. The van der Waals surface area contributed by atoms with Crippen LogP contribution in [-0.4, -0.2) is 47.4 Å². The van der Waals surface area contributed by atoms with Crippen molar-refractivity contribution in [2.75, 3.05) is 0 Å². The van der Waals surface area contributed by atoms with Gasteiger partial charge in [-0.2, -0.15) is 0 Å². The van der Waals surface area contributed by atoms with E-state index in [1.807, 2.05) is 13.8 Å². The number of hydrogen-bond acceptors (Lipinski definition) is 7. The van der Waals surface area contributed by atoms with Gasteiger partial charge in [-0.1, -0.05) is 27.4 Å². The summed E-state index contributed by atoms with van der Waals surface area (Å²) in [5.41, 5.74) is 1.39. The Morgan fingerprint density at radius 2 is 1.55 bits per heavy atom. The van der Waals surface area contributed by atoms with Crippen LogP contribution in [0.15, 0.2) is 23.3 Å². The first-order valence-electron chi connectivity index (χ1n) is 11.8. The van der Waals surface area contributed by atoms with E-state index in [1.54, 1.807) is 0 Å². The largest absolute Gasteiger partial charge is 0.458 e. The molecule has 2 bridgehead atoms. The van der Waals surface area contributed by atoms with E-state index in [4.69, 9.17) is 14.2 Å². The molecular formula is C26H38O7. The van der Waals surface area contributed by atoms with Gasteiger partial charge in [0.1, 0.15) is 12.2 Å². The zero-order chi connectivity index (χ0) is 24.9. The van der Waals surface area contributed by atoms with Crippen LogP contribution in [0.1, 0.15) is 74.1 Å². The lowest BCUT2D eigenvalue weighted by atomic mass is 9.50. The Labute approximate surface area is 196 Å². The fourth-order valence-corrected chi connectivity index (χ4v) is 6.63. The number of rotatable bonds is 3. The summed E-state index contributed by atoms with van der Waals surface area (Å²) in [7, 11) is 0. The van der Waals surface area contributed by atoms with Crippen LogP contribution >= 0.6 is 0 Å². The number of aliphatic hydroxyl groups excluding tert-OH is 1. The van der Waals surface area contributed by atoms with E-state index in [1.165, 1.54) is 20.8 Å². The molecule has 3 aliphatic carbocycles. The Morgan fingerprint density at radius 1 is 0.970 bits per heavy atom. The van der Waals surface area contributed by atoms with Crippen molar-refractivity contribution in [1.82, 2.24) is 0 Å². The second-order valence-electron chi connectivity index (χ2n) is 10.8. The maximum absolute atomic E-state index is 12.3. The molecule has 3 aliphatic rings. The van der Waals surface area contributed by atoms with Crippen molar-refractivity contribution in [3.05, 3.63) is 23.3 Å². The molecule has 0 aliphatic heterocycles. The van der Waals surface area contributed by atoms with Gasteiger partial charge in [-0.15, -0.1) is 0 Å². The van der Waals surface area contributed by atoms with Gasteiger partial charge in [0.25, 0.3) is 0 Å². The lowest BCUT2D eigenvalue weighted by Gasteiger charge is -2.57. The van der Waals surface area contributed by atoms with Crippen LogP contribution in [-0.2, 0) is 28.6 Å². The zero-order valence-corrected chi connectivity index (χ0v) is 20.9. The highest BCUT2D eigenvalue weighted by molar-refractivity contribution is 5.68. The summed E-state index contributed by atoms with van der Waals surface area (Å²) in [6, 6.07) is 0. The molecule has 0 aromatic rings. The summed E-state index contributed by atoms with van der Waals surface area (Å²) >= 11 is 0. The molecule has 0 aromatic carbocycles. The summed E-state index contributed by atoms with van der Waals surface area (Å²) in [6.45, 7) is 16.5. The third kappa shape index (κ3) is 4.48. The summed E-state index contributed by atoms with van der Waals surface area (Å²) in [6.07, 6.45) is -0.286. The van der Waals surface area contributed by atoms with Crippen molar-refractivity contribution in [3.8, 4) is 0 Å². The Bertz CT molecular complexity index is 885. The Morgan fingerprint density at radius 3 is 2.09 bits per heavy atom. The maximum Gasteiger partial charge on any atom is 0.303 e. The van der Waals surface area contributed by atoms with Gasteiger partial charge in [0.15, 0.2) is 6.10 Å². The first kappa shape index (κ1) is 25.5. The van der Waals surface area contributed by atoms with Crippen LogP contribution in [0.2, 0.25) is 0 Å². The number of hydrogen-bond donors (Lipinski definition) is 1. The van der Waals surface area contributed by atoms with E-state index in [0.717, 1.165) is 16.7 Å². The molecule has 7 atom stereocenters. The molecule has 7 heteroatoms. The molecule has 7 nitrogen and oxygen atoms in total. The van der Waals surface area contributed by atoms with Crippen LogP contribution in [0, 0.1) is 22.7 Å². The topological polar surface area (TPSA) is 99.1 Å². The van der Waals surface area contributed by atoms with Gasteiger partial charge in [0.2, 0.25) is 0 Å². The fraction of sp³-hybridized carbons (Fsp3) is 0.731. The fourth-order valence-electron chi connectivity index (χ4n) is 6.63. The minimum absolute atomic E-state index is 0.0725. The Hall–Kier alpha value is -2.15. The molecule has 1 N–H and O–H groups in total. The Kier molecular flexibility index (Phi) is 6.87. The first-order chi connectivity index (χ1) is 15.2. The summed E-state index contributed by atoms with van der Waals surface area (Å²) in [4.78, 5) is 36.5. The number of carbonyl (C=O) groups is 3. The van der Waals surface area contributed by atoms with E-state index in [9.17, 15) is 19.5 Å². The molecule has 7 unspecified atom stereocenters. The van der Waals surface area contributed by atoms with E-state index >= 15 is 0 Å². The molecular weight excluding hydrogens is 424 g/mol. The molecule has 0 radical (unpaired) electrons. The van der Waals surface area contributed by atoms with Crippen LogP contribution in [0.5, 0.6) is 0 Å². The molecule has 33 heavy (non-hydrogen) atoms. The van der Waals surface area contributed by atoms with Crippen molar-refractivity contribution in [1.29, 1.82) is 0 Å². The molecule has 2 saturated carbocycles. The van der Waals surface area contributed by atoms with Crippen LogP contribution in [0.3, 0.4) is 0 Å². The van der Waals surface area contributed by atoms with Gasteiger partial charge < -0.3 is 19.3 Å². The molecule has 0 heterocycles. The van der Waals surface area contributed by atoms with E-state index in [2.05, 4.69) is 20.4 Å². The van der Waals surface area contributed by atoms with Gasteiger partial charge in [0, 0.05) is 26.2 Å². The van der Waals surface area contributed by atoms with Gasteiger partial charge >= 0.3 is 17.9 Å². The molecule has 0 amide bonds. The molecule has 0 spiro atoms. The van der Waals surface area contributed by atoms with Crippen molar-refractivity contribution in [3.63, 3.8) is 0 Å². The quantitative estimate of drug-likeness (QED) is 0.386. The summed E-state index contributed by atoms with van der Waals surface area (Å²) < 4.78 is 17.6. The third-order valence-corrected chi connectivity index (χ3v) is 8.37. The van der Waals surface area contributed by atoms with Crippen LogP contribution in [0.4, 0.5) is 0 Å². The van der Waals surface area contributed by atoms with Gasteiger partial charge in [-0.05, 0) is 66.6 Å². The van der Waals surface area contributed by atoms with E-state index in [0.29, 0.717) is 25.7 Å². The molecule has 0 aromatic heterocycles. The average molecular weight is 463 g/mol. The van der Waals surface area contributed by atoms with Crippen molar-refractivity contribution >= 4 is 17.9 Å². The monoisotopic (exact) mass is 462 g/mol. The van der Waals surface area contributed by atoms with Gasteiger partial charge in [0.05, 0.1) is 6.10 Å². The number of carbonyl (C=O) groups excluding carboxylic acids is 3. The SMILES string of the molecule is C=C1C(O)CCC2(C)C1CC1CC(OC(C)=O)C(C)=C(C(OC(C)=O)C2OC(C)=O)C1(C)C.